The number of para-hydroxylation sites is 1. The molecule has 0 fully saturated rings. The van der Waals surface area contributed by atoms with E-state index < -0.39 is 8.07 Å². The van der Waals surface area contributed by atoms with E-state index in [9.17, 15) is 0 Å². The van der Waals surface area contributed by atoms with Crippen molar-refractivity contribution in [3.8, 4) is 67.5 Å². The third-order valence-electron chi connectivity index (χ3n) is 13.1. The van der Waals surface area contributed by atoms with Crippen LogP contribution in [0.1, 0.15) is 0 Å². The lowest BCUT2D eigenvalue weighted by molar-refractivity contribution is 0.669. The van der Waals surface area contributed by atoms with E-state index in [0.717, 1.165) is 60.9 Å². The molecule has 2 heterocycles. The lowest BCUT2D eigenvalue weighted by atomic mass is 10.0. The second-order valence-corrected chi connectivity index (χ2v) is 20.9. The molecular formula is C63H43N3OSi. The van der Waals surface area contributed by atoms with E-state index in [-0.39, 0.29) is 0 Å². The maximum absolute atomic E-state index is 6.34. The minimum absolute atomic E-state index is 0.585. The highest BCUT2D eigenvalue weighted by atomic mass is 28.3. The molecule has 10 aromatic carbocycles. The molecule has 12 rings (SSSR count). The summed E-state index contributed by atoms with van der Waals surface area (Å²) in [6, 6.07) is 93.1. The van der Waals surface area contributed by atoms with Gasteiger partial charge in [0.15, 0.2) is 25.5 Å². The number of hydrogen-bond donors (Lipinski definition) is 0. The minimum atomic E-state index is -2.86. The van der Waals surface area contributed by atoms with Gasteiger partial charge in [-0.25, -0.2) is 15.0 Å². The molecule has 68 heavy (non-hydrogen) atoms. The van der Waals surface area contributed by atoms with E-state index in [1.807, 2.05) is 36.4 Å². The Kier molecular flexibility index (Phi) is 10.5. The first-order chi connectivity index (χ1) is 33.7. The Morgan fingerprint density at radius 1 is 0.265 bits per heavy atom. The average Bonchev–Trinajstić information content (AvgIpc) is 3.82. The molecule has 0 saturated heterocycles. The highest BCUT2D eigenvalue weighted by Gasteiger charge is 2.41. The standard InChI is InChI=1S/C63H43N3OSi/c1-5-18-44(19-6-1)46-34-36-48(37-35-46)61-64-62(66-63(65-61)57-31-17-33-59-60(57)56-30-13-14-32-58(56)67-59)51-24-15-22-49(42-51)50-23-16-29-55(43-50)68(52-25-9-3-10-26-52,53-27-11-4-12-28-53)54-40-38-47(39-41-54)45-20-7-2-8-21-45/h1-43H. The fourth-order valence-corrected chi connectivity index (χ4v) is 14.6. The van der Waals surface area contributed by atoms with Crippen LogP contribution in [0.15, 0.2) is 265 Å². The molecule has 0 unspecified atom stereocenters. The molecule has 4 nitrogen and oxygen atoms in total. The van der Waals surface area contributed by atoms with Gasteiger partial charge in [-0.3, -0.25) is 0 Å². The van der Waals surface area contributed by atoms with Crippen LogP contribution in [0.3, 0.4) is 0 Å². The van der Waals surface area contributed by atoms with Crippen LogP contribution in [-0.4, -0.2) is 23.0 Å². The Morgan fingerprint density at radius 3 is 1.32 bits per heavy atom. The number of aromatic nitrogens is 3. The SMILES string of the molecule is c1ccc(-c2ccc(-c3nc(-c4cccc(-c5cccc([Si](c6ccccc6)(c6ccccc6)c6ccc(-c7ccccc7)cc6)c5)c4)nc(-c4cccc5oc6ccccc6c45)n3)cc2)cc1. The predicted molar refractivity (Wildman–Crippen MR) is 283 cm³/mol. The van der Waals surface area contributed by atoms with Gasteiger partial charge in [0, 0.05) is 27.5 Å². The number of rotatable bonds is 10. The van der Waals surface area contributed by atoms with Crippen molar-refractivity contribution in [2.45, 2.75) is 0 Å². The van der Waals surface area contributed by atoms with Crippen molar-refractivity contribution in [2.75, 3.05) is 0 Å². The first kappa shape index (κ1) is 40.7. The van der Waals surface area contributed by atoms with Gasteiger partial charge in [0.25, 0.3) is 0 Å². The van der Waals surface area contributed by atoms with Crippen molar-refractivity contribution in [1.82, 2.24) is 15.0 Å². The summed E-state index contributed by atoms with van der Waals surface area (Å²) in [5, 5.41) is 7.28. The van der Waals surface area contributed by atoms with Crippen LogP contribution in [0.5, 0.6) is 0 Å². The average molecular weight is 886 g/mol. The number of furan rings is 1. The molecule has 0 aliphatic carbocycles. The third-order valence-corrected chi connectivity index (χ3v) is 17.9. The highest BCUT2D eigenvalue weighted by Crippen LogP contribution is 2.37. The van der Waals surface area contributed by atoms with Gasteiger partial charge >= 0.3 is 0 Å². The van der Waals surface area contributed by atoms with Gasteiger partial charge in [0.2, 0.25) is 0 Å². The Labute approximate surface area is 396 Å². The van der Waals surface area contributed by atoms with E-state index in [2.05, 4.69) is 224 Å². The summed E-state index contributed by atoms with van der Waals surface area (Å²) in [4.78, 5) is 15.7. The Balaban J connectivity index is 1.01. The van der Waals surface area contributed by atoms with Gasteiger partial charge < -0.3 is 4.42 Å². The van der Waals surface area contributed by atoms with Gasteiger partial charge in [-0.1, -0.05) is 243 Å². The molecule has 0 bridgehead atoms. The van der Waals surface area contributed by atoms with E-state index in [4.69, 9.17) is 19.4 Å². The van der Waals surface area contributed by atoms with Crippen molar-refractivity contribution in [2.24, 2.45) is 0 Å². The maximum atomic E-state index is 6.34. The van der Waals surface area contributed by atoms with Crippen molar-refractivity contribution < 1.29 is 4.42 Å². The molecule has 0 atom stereocenters. The van der Waals surface area contributed by atoms with E-state index in [1.54, 1.807) is 0 Å². The van der Waals surface area contributed by atoms with E-state index in [1.165, 1.54) is 31.9 Å². The molecule has 12 aromatic rings. The van der Waals surface area contributed by atoms with Gasteiger partial charge in [0.1, 0.15) is 11.2 Å². The number of benzene rings is 10. The number of fused-ring (bicyclic) bond motifs is 3. The molecule has 5 heteroatoms. The van der Waals surface area contributed by atoms with E-state index >= 15 is 0 Å². The van der Waals surface area contributed by atoms with Crippen LogP contribution < -0.4 is 20.7 Å². The fraction of sp³-hybridized carbons (Fsp3) is 0. The zero-order valence-electron chi connectivity index (χ0n) is 37.1. The first-order valence-corrected chi connectivity index (χ1v) is 25.0. The topological polar surface area (TPSA) is 51.8 Å². The van der Waals surface area contributed by atoms with Crippen molar-refractivity contribution in [3.05, 3.63) is 261 Å². The Morgan fingerprint density at radius 2 is 0.676 bits per heavy atom. The predicted octanol–water partition coefficient (Wildman–Crippen LogP) is 13.2. The molecule has 320 valence electrons. The molecule has 0 radical (unpaired) electrons. The summed E-state index contributed by atoms with van der Waals surface area (Å²) in [6.45, 7) is 0. The highest BCUT2D eigenvalue weighted by molar-refractivity contribution is 7.19. The minimum Gasteiger partial charge on any atom is -0.456 e. The van der Waals surface area contributed by atoms with Crippen LogP contribution in [0.2, 0.25) is 0 Å². The molecule has 0 amide bonds. The van der Waals surface area contributed by atoms with Gasteiger partial charge in [-0.15, -0.1) is 0 Å². The van der Waals surface area contributed by atoms with Crippen LogP contribution in [0.4, 0.5) is 0 Å². The molecule has 2 aromatic heterocycles. The monoisotopic (exact) mass is 885 g/mol. The first-order valence-electron chi connectivity index (χ1n) is 23.0. The fourth-order valence-electron chi connectivity index (χ4n) is 9.85. The summed E-state index contributed by atoms with van der Waals surface area (Å²) in [5.41, 5.74) is 11.2. The number of nitrogens with zero attached hydrogens (tertiary/aromatic N) is 3. The molecule has 0 saturated carbocycles. The lowest BCUT2D eigenvalue weighted by Gasteiger charge is -2.35. The zero-order chi connectivity index (χ0) is 45.3. The normalized spacial score (nSPS) is 11.5. The van der Waals surface area contributed by atoms with E-state index in [0.29, 0.717) is 17.5 Å². The summed E-state index contributed by atoms with van der Waals surface area (Å²) in [6.07, 6.45) is 0. The van der Waals surface area contributed by atoms with Gasteiger partial charge in [-0.2, -0.15) is 0 Å². The largest absolute Gasteiger partial charge is 0.456 e. The van der Waals surface area contributed by atoms with Gasteiger partial charge in [-0.05, 0) is 72.3 Å². The molecular weight excluding hydrogens is 843 g/mol. The maximum Gasteiger partial charge on any atom is 0.179 e. The Hall–Kier alpha value is -8.77. The lowest BCUT2D eigenvalue weighted by Crippen LogP contribution is -2.74. The second-order valence-electron chi connectivity index (χ2n) is 17.1. The van der Waals surface area contributed by atoms with Crippen LogP contribution in [0, 0.1) is 0 Å². The van der Waals surface area contributed by atoms with Crippen LogP contribution in [-0.2, 0) is 0 Å². The summed E-state index contributed by atoms with van der Waals surface area (Å²) < 4.78 is 6.34. The summed E-state index contributed by atoms with van der Waals surface area (Å²) in [7, 11) is -2.86. The van der Waals surface area contributed by atoms with Crippen LogP contribution in [0.25, 0.3) is 89.5 Å². The molecule has 0 spiro atoms. The molecule has 0 N–H and O–H groups in total. The van der Waals surface area contributed by atoms with Crippen molar-refractivity contribution >= 4 is 50.8 Å². The zero-order valence-corrected chi connectivity index (χ0v) is 38.1. The number of hydrogen-bond acceptors (Lipinski definition) is 4. The molecule has 0 aliphatic rings. The van der Waals surface area contributed by atoms with Crippen LogP contribution >= 0.6 is 0 Å². The quantitative estimate of drug-likeness (QED) is 0.101. The smallest absolute Gasteiger partial charge is 0.179 e. The van der Waals surface area contributed by atoms with Crippen molar-refractivity contribution in [1.29, 1.82) is 0 Å². The molecule has 0 aliphatic heterocycles. The summed E-state index contributed by atoms with van der Waals surface area (Å²) >= 11 is 0. The third kappa shape index (κ3) is 7.41. The Bertz CT molecular complexity index is 3670. The van der Waals surface area contributed by atoms with Crippen molar-refractivity contribution in [3.63, 3.8) is 0 Å². The van der Waals surface area contributed by atoms with Gasteiger partial charge in [0.05, 0.1) is 0 Å². The second kappa shape index (κ2) is 17.6. The summed E-state index contributed by atoms with van der Waals surface area (Å²) in [5.74, 6) is 1.78.